The standard InChI is InChI=1S/C22H24N4O2/c1-16-7-6-10-18(15-16)22(28)24-12-11-19(27)25-20(17-8-4-3-5-9-17)21-23-13-14-26(21)2/h3-10,13-15,20H,11-12H2,1-2H3,(H,24,28)(H,25,27)/t20-/m0/s1. The van der Waals surface area contributed by atoms with E-state index in [2.05, 4.69) is 15.6 Å². The molecule has 0 aliphatic heterocycles. The van der Waals surface area contributed by atoms with Crippen LogP contribution in [-0.2, 0) is 11.8 Å². The predicted octanol–water partition coefficient (Wildman–Crippen LogP) is 2.75. The molecular weight excluding hydrogens is 352 g/mol. The summed E-state index contributed by atoms with van der Waals surface area (Å²) in [5.74, 6) is 0.421. The molecule has 144 valence electrons. The molecule has 2 aromatic carbocycles. The van der Waals surface area contributed by atoms with Crippen LogP contribution in [-0.4, -0.2) is 27.9 Å². The molecule has 0 fully saturated rings. The highest BCUT2D eigenvalue weighted by Crippen LogP contribution is 2.20. The Bertz CT molecular complexity index is 950. The predicted molar refractivity (Wildman–Crippen MR) is 108 cm³/mol. The number of hydrogen-bond donors (Lipinski definition) is 2. The summed E-state index contributed by atoms with van der Waals surface area (Å²) in [5, 5.41) is 5.82. The Morgan fingerprint density at radius 3 is 2.57 bits per heavy atom. The Labute approximate surface area is 164 Å². The summed E-state index contributed by atoms with van der Waals surface area (Å²) < 4.78 is 1.89. The second-order valence-corrected chi connectivity index (χ2v) is 6.68. The van der Waals surface area contributed by atoms with Crippen molar-refractivity contribution in [1.29, 1.82) is 0 Å². The van der Waals surface area contributed by atoms with E-state index in [0.717, 1.165) is 17.0 Å². The van der Waals surface area contributed by atoms with Gasteiger partial charge in [0.15, 0.2) is 0 Å². The van der Waals surface area contributed by atoms with Gasteiger partial charge in [-0.3, -0.25) is 9.59 Å². The molecular formula is C22H24N4O2. The highest BCUT2D eigenvalue weighted by molar-refractivity contribution is 5.94. The van der Waals surface area contributed by atoms with Gasteiger partial charge in [-0.2, -0.15) is 0 Å². The molecule has 0 aliphatic rings. The number of aromatic nitrogens is 2. The van der Waals surface area contributed by atoms with Gasteiger partial charge < -0.3 is 15.2 Å². The van der Waals surface area contributed by atoms with Crippen molar-refractivity contribution in [3.63, 3.8) is 0 Å². The third-order valence-electron chi connectivity index (χ3n) is 4.47. The van der Waals surface area contributed by atoms with Gasteiger partial charge in [0.2, 0.25) is 5.91 Å². The van der Waals surface area contributed by atoms with E-state index in [0.29, 0.717) is 5.56 Å². The van der Waals surface area contributed by atoms with Gasteiger partial charge in [0.25, 0.3) is 5.91 Å². The van der Waals surface area contributed by atoms with Crippen molar-refractivity contribution in [3.05, 3.63) is 89.5 Å². The summed E-state index contributed by atoms with van der Waals surface area (Å²) >= 11 is 0. The minimum atomic E-state index is -0.346. The van der Waals surface area contributed by atoms with Crippen LogP contribution in [0.5, 0.6) is 0 Å². The number of carbonyl (C=O) groups is 2. The quantitative estimate of drug-likeness (QED) is 0.666. The summed E-state index contributed by atoms with van der Waals surface area (Å²) in [6.07, 6.45) is 3.74. The van der Waals surface area contributed by atoms with Crippen molar-refractivity contribution in [2.24, 2.45) is 7.05 Å². The number of hydrogen-bond acceptors (Lipinski definition) is 3. The highest BCUT2D eigenvalue weighted by atomic mass is 16.2. The number of carbonyl (C=O) groups excluding carboxylic acids is 2. The molecule has 1 heterocycles. The lowest BCUT2D eigenvalue weighted by Crippen LogP contribution is -2.34. The number of aryl methyl sites for hydroxylation is 2. The van der Waals surface area contributed by atoms with Crippen LogP contribution in [0.1, 0.15) is 39.8 Å². The Morgan fingerprint density at radius 1 is 1.11 bits per heavy atom. The molecule has 0 radical (unpaired) electrons. The number of imidazole rings is 1. The van der Waals surface area contributed by atoms with Crippen molar-refractivity contribution in [2.45, 2.75) is 19.4 Å². The van der Waals surface area contributed by atoms with Crippen molar-refractivity contribution >= 4 is 11.8 Å². The van der Waals surface area contributed by atoms with E-state index in [9.17, 15) is 9.59 Å². The Morgan fingerprint density at radius 2 is 1.89 bits per heavy atom. The maximum atomic E-state index is 12.5. The first-order valence-electron chi connectivity index (χ1n) is 9.21. The minimum Gasteiger partial charge on any atom is -0.352 e. The first-order chi connectivity index (χ1) is 13.5. The SMILES string of the molecule is Cc1cccc(C(=O)NCCC(=O)N[C@@H](c2ccccc2)c2nccn2C)c1. The van der Waals surface area contributed by atoms with Gasteiger partial charge in [-0.1, -0.05) is 48.0 Å². The lowest BCUT2D eigenvalue weighted by atomic mass is 10.1. The molecule has 0 saturated carbocycles. The molecule has 1 atom stereocenters. The highest BCUT2D eigenvalue weighted by Gasteiger charge is 2.20. The van der Waals surface area contributed by atoms with Crippen LogP contribution in [0.2, 0.25) is 0 Å². The summed E-state index contributed by atoms with van der Waals surface area (Å²) in [7, 11) is 1.90. The lowest BCUT2D eigenvalue weighted by Gasteiger charge is -2.19. The molecule has 28 heavy (non-hydrogen) atoms. The summed E-state index contributed by atoms with van der Waals surface area (Å²) in [6, 6.07) is 16.7. The first kappa shape index (κ1) is 19.4. The monoisotopic (exact) mass is 376 g/mol. The molecule has 6 nitrogen and oxygen atoms in total. The Balaban J connectivity index is 1.60. The smallest absolute Gasteiger partial charge is 0.251 e. The zero-order valence-corrected chi connectivity index (χ0v) is 16.1. The van der Waals surface area contributed by atoms with Crippen molar-refractivity contribution in [2.75, 3.05) is 6.54 Å². The minimum absolute atomic E-state index is 0.151. The molecule has 0 unspecified atom stereocenters. The van der Waals surface area contributed by atoms with Crippen molar-refractivity contribution in [3.8, 4) is 0 Å². The van der Waals surface area contributed by atoms with Crippen LogP contribution in [0.4, 0.5) is 0 Å². The van der Waals surface area contributed by atoms with E-state index in [1.54, 1.807) is 12.3 Å². The molecule has 0 aliphatic carbocycles. The maximum Gasteiger partial charge on any atom is 0.251 e. The van der Waals surface area contributed by atoms with Crippen LogP contribution < -0.4 is 10.6 Å². The first-order valence-corrected chi connectivity index (χ1v) is 9.21. The van der Waals surface area contributed by atoms with Gasteiger partial charge in [0.1, 0.15) is 11.9 Å². The van der Waals surface area contributed by atoms with Gasteiger partial charge in [-0.25, -0.2) is 4.98 Å². The fraction of sp³-hybridized carbons (Fsp3) is 0.227. The van der Waals surface area contributed by atoms with Crippen LogP contribution in [0.3, 0.4) is 0 Å². The normalized spacial score (nSPS) is 11.6. The average molecular weight is 376 g/mol. The van der Waals surface area contributed by atoms with Crippen LogP contribution >= 0.6 is 0 Å². The summed E-state index contributed by atoms with van der Waals surface area (Å²) in [5.41, 5.74) is 2.57. The van der Waals surface area contributed by atoms with E-state index >= 15 is 0 Å². The molecule has 0 spiro atoms. The van der Waals surface area contributed by atoms with Crippen LogP contribution in [0, 0.1) is 6.92 Å². The average Bonchev–Trinajstić information content (AvgIpc) is 3.12. The summed E-state index contributed by atoms with van der Waals surface area (Å²) in [4.78, 5) is 29.1. The zero-order valence-electron chi connectivity index (χ0n) is 16.1. The molecule has 2 N–H and O–H groups in total. The third kappa shape index (κ3) is 4.85. The second kappa shape index (κ2) is 8.99. The zero-order chi connectivity index (χ0) is 19.9. The Hall–Kier alpha value is -3.41. The van der Waals surface area contributed by atoms with E-state index in [4.69, 9.17) is 0 Å². The van der Waals surface area contributed by atoms with E-state index in [1.165, 1.54) is 0 Å². The van der Waals surface area contributed by atoms with Gasteiger partial charge in [-0.15, -0.1) is 0 Å². The van der Waals surface area contributed by atoms with E-state index < -0.39 is 0 Å². The Kier molecular flexibility index (Phi) is 6.22. The number of benzene rings is 2. The van der Waals surface area contributed by atoms with Crippen LogP contribution in [0.25, 0.3) is 0 Å². The van der Waals surface area contributed by atoms with Gasteiger partial charge in [0.05, 0.1) is 0 Å². The van der Waals surface area contributed by atoms with Gasteiger partial charge >= 0.3 is 0 Å². The van der Waals surface area contributed by atoms with Crippen LogP contribution in [0.15, 0.2) is 67.0 Å². The molecule has 6 heteroatoms. The molecule has 3 rings (SSSR count). The second-order valence-electron chi connectivity index (χ2n) is 6.68. The molecule has 0 saturated heterocycles. The third-order valence-corrected chi connectivity index (χ3v) is 4.47. The maximum absolute atomic E-state index is 12.5. The summed E-state index contributed by atoms with van der Waals surface area (Å²) in [6.45, 7) is 2.20. The number of nitrogens with one attached hydrogen (secondary N) is 2. The number of amides is 2. The largest absolute Gasteiger partial charge is 0.352 e. The molecule has 0 bridgehead atoms. The van der Waals surface area contributed by atoms with Gasteiger partial charge in [-0.05, 0) is 24.6 Å². The molecule has 1 aromatic heterocycles. The fourth-order valence-corrected chi connectivity index (χ4v) is 3.01. The van der Waals surface area contributed by atoms with Gasteiger partial charge in [0, 0.05) is 38.0 Å². The lowest BCUT2D eigenvalue weighted by molar-refractivity contribution is -0.121. The number of nitrogens with zero attached hydrogens (tertiary/aromatic N) is 2. The molecule has 2 amide bonds. The fourth-order valence-electron chi connectivity index (χ4n) is 3.01. The topological polar surface area (TPSA) is 76.0 Å². The van der Waals surface area contributed by atoms with E-state index in [-0.39, 0.29) is 30.8 Å². The van der Waals surface area contributed by atoms with Crippen molar-refractivity contribution in [1.82, 2.24) is 20.2 Å². The van der Waals surface area contributed by atoms with E-state index in [1.807, 2.05) is 73.3 Å². The number of rotatable bonds is 7. The molecule has 3 aromatic rings. The van der Waals surface area contributed by atoms with Crippen molar-refractivity contribution < 1.29 is 9.59 Å².